The predicted molar refractivity (Wildman–Crippen MR) is 98.0 cm³/mol. The minimum absolute atomic E-state index is 0.0887. The number of fused-ring (bicyclic) bond motifs is 1. The van der Waals surface area contributed by atoms with Crippen LogP contribution in [0.2, 0.25) is 0 Å². The van der Waals surface area contributed by atoms with Crippen molar-refractivity contribution in [3.63, 3.8) is 0 Å². The molecular formula is C20H21N3O3. The number of aromatic nitrogens is 2. The van der Waals surface area contributed by atoms with E-state index in [-0.39, 0.29) is 5.56 Å². The van der Waals surface area contributed by atoms with Crippen molar-refractivity contribution in [2.24, 2.45) is 0 Å². The molecule has 0 radical (unpaired) electrons. The Morgan fingerprint density at radius 3 is 3.04 bits per heavy atom. The third-order valence-electron chi connectivity index (χ3n) is 4.52. The zero-order chi connectivity index (χ0) is 17.9. The van der Waals surface area contributed by atoms with E-state index in [0.29, 0.717) is 24.7 Å². The number of rotatable bonds is 5. The van der Waals surface area contributed by atoms with Crippen LogP contribution in [0.4, 0.5) is 0 Å². The van der Waals surface area contributed by atoms with E-state index in [1.807, 2.05) is 19.1 Å². The van der Waals surface area contributed by atoms with Crippen molar-refractivity contribution in [1.82, 2.24) is 14.9 Å². The van der Waals surface area contributed by atoms with Crippen LogP contribution < -0.4 is 10.3 Å². The topological polar surface area (TPSA) is 71.4 Å². The Bertz CT molecular complexity index is 947. The fourth-order valence-corrected chi connectivity index (χ4v) is 3.30. The van der Waals surface area contributed by atoms with Crippen LogP contribution in [0.3, 0.4) is 0 Å². The summed E-state index contributed by atoms with van der Waals surface area (Å²) in [7, 11) is 0. The highest BCUT2D eigenvalue weighted by Crippen LogP contribution is 2.21. The zero-order valence-corrected chi connectivity index (χ0v) is 14.7. The summed E-state index contributed by atoms with van der Waals surface area (Å²) in [4.78, 5) is 22.2. The molecule has 0 spiro atoms. The molecule has 0 amide bonds. The number of furan rings is 1. The van der Waals surface area contributed by atoms with Gasteiger partial charge in [-0.1, -0.05) is 12.1 Å². The van der Waals surface area contributed by atoms with Crippen LogP contribution in [0, 0.1) is 0 Å². The minimum Gasteiger partial charge on any atom is -0.494 e. The van der Waals surface area contributed by atoms with Crippen LogP contribution in [0.25, 0.3) is 11.6 Å². The first kappa shape index (κ1) is 16.6. The van der Waals surface area contributed by atoms with E-state index >= 15 is 0 Å². The summed E-state index contributed by atoms with van der Waals surface area (Å²) < 4.78 is 10.9. The van der Waals surface area contributed by atoms with E-state index in [1.165, 1.54) is 5.56 Å². The maximum Gasteiger partial charge on any atom is 0.256 e. The van der Waals surface area contributed by atoms with Crippen molar-refractivity contribution in [3.8, 4) is 17.3 Å². The SMILES string of the molecule is CCOc1cccc(CN2CCc3nc(-c4ccco4)[nH]c(=O)c3C2)c1. The standard InChI is InChI=1S/C20H21N3O3/c1-2-25-15-6-3-5-14(11-15)12-23-9-8-17-16(13-23)20(24)22-19(21-17)18-7-4-10-26-18/h3-7,10-11H,2,8-9,12-13H2,1H3,(H,21,22,24). The number of hydrogen-bond donors (Lipinski definition) is 1. The molecule has 0 saturated heterocycles. The van der Waals surface area contributed by atoms with Crippen LogP contribution in [0.15, 0.2) is 51.9 Å². The summed E-state index contributed by atoms with van der Waals surface area (Å²) in [6.07, 6.45) is 2.32. The second-order valence-electron chi connectivity index (χ2n) is 6.36. The lowest BCUT2D eigenvalue weighted by atomic mass is 10.1. The molecule has 1 N–H and O–H groups in total. The largest absolute Gasteiger partial charge is 0.494 e. The molecule has 1 aliphatic rings. The number of ether oxygens (including phenoxy) is 1. The molecular weight excluding hydrogens is 330 g/mol. The molecule has 0 bridgehead atoms. The summed E-state index contributed by atoms with van der Waals surface area (Å²) in [5.41, 5.74) is 2.69. The Hall–Kier alpha value is -2.86. The summed E-state index contributed by atoms with van der Waals surface area (Å²) in [6.45, 7) is 4.86. The van der Waals surface area contributed by atoms with Gasteiger partial charge in [-0.2, -0.15) is 0 Å². The predicted octanol–water partition coefficient (Wildman–Crippen LogP) is 2.99. The monoisotopic (exact) mass is 351 g/mol. The van der Waals surface area contributed by atoms with Gasteiger partial charge in [-0.05, 0) is 36.8 Å². The number of aromatic amines is 1. The molecule has 134 valence electrons. The number of benzene rings is 1. The number of nitrogens with zero attached hydrogens (tertiary/aromatic N) is 2. The summed E-state index contributed by atoms with van der Waals surface area (Å²) in [5, 5.41) is 0. The first-order valence-electron chi connectivity index (χ1n) is 8.83. The molecule has 3 aromatic rings. The van der Waals surface area contributed by atoms with Gasteiger partial charge in [0, 0.05) is 26.1 Å². The van der Waals surface area contributed by atoms with Gasteiger partial charge < -0.3 is 14.1 Å². The van der Waals surface area contributed by atoms with E-state index in [2.05, 4.69) is 27.0 Å². The van der Waals surface area contributed by atoms with Crippen LogP contribution in [-0.4, -0.2) is 28.0 Å². The Balaban J connectivity index is 1.53. The Morgan fingerprint density at radius 1 is 1.31 bits per heavy atom. The maximum absolute atomic E-state index is 12.5. The number of hydrogen-bond acceptors (Lipinski definition) is 5. The highest BCUT2D eigenvalue weighted by molar-refractivity contribution is 5.47. The molecule has 2 aromatic heterocycles. The van der Waals surface area contributed by atoms with Crippen molar-refractivity contribution >= 4 is 0 Å². The second kappa shape index (κ2) is 7.17. The molecule has 1 aliphatic heterocycles. The second-order valence-corrected chi connectivity index (χ2v) is 6.36. The molecule has 0 aliphatic carbocycles. The van der Waals surface area contributed by atoms with Crippen LogP contribution in [-0.2, 0) is 19.5 Å². The molecule has 4 rings (SSSR count). The summed E-state index contributed by atoms with van der Waals surface area (Å²) in [5.74, 6) is 1.96. The van der Waals surface area contributed by atoms with Gasteiger partial charge >= 0.3 is 0 Å². The molecule has 6 nitrogen and oxygen atoms in total. The smallest absolute Gasteiger partial charge is 0.256 e. The van der Waals surface area contributed by atoms with Gasteiger partial charge in [0.1, 0.15) is 5.75 Å². The molecule has 0 atom stereocenters. The maximum atomic E-state index is 12.5. The van der Waals surface area contributed by atoms with Crippen LogP contribution in [0.5, 0.6) is 5.75 Å². The van der Waals surface area contributed by atoms with E-state index in [4.69, 9.17) is 9.15 Å². The molecule has 26 heavy (non-hydrogen) atoms. The first-order chi connectivity index (χ1) is 12.7. The molecule has 1 aromatic carbocycles. The Labute approximate surface area is 151 Å². The van der Waals surface area contributed by atoms with Crippen molar-refractivity contribution in [2.45, 2.75) is 26.4 Å². The average molecular weight is 351 g/mol. The minimum atomic E-state index is -0.0887. The Morgan fingerprint density at radius 2 is 2.23 bits per heavy atom. The zero-order valence-electron chi connectivity index (χ0n) is 14.7. The van der Waals surface area contributed by atoms with Crippen molar-refractivity contribution < 1.29 is 9.15 Å². The lowest BCUT2D eigenvalue weighted by Crippen LogP contribution is -2.35. The fourth-order valence-electron chi connectivity index (χ4n) is 3.30. The van der Waals surface area contributed by atoms with E-state index < -0.39 is 0 Å². The van der Waals surface area contributed by atoms with Crippen molar-refractivity contribution in [2.75, 3.05) is 13.2 Å². The third-order valence-corrected chi connectivity index (χ3v) is 4.52. The highest BCUT2D eigenvalue weighted by atomic mass is 16.5. The van der Waals surface area contributed by atoms with Gasteiger partial charge in [-0.15, -0.1) is 0 Å². The van der Waals surface area contributed by atoms with Gasteiger partial charge in [-0.25, -0.2) is 4.98 Å². The first-order valence-corrected chi connectivity index (χ1v) is 8.83. The van der Waals surface area contributed by atoms with Crippen molar-refractivity contribution in [3.05, 3.63) is 69.8 Å². The molecule has 0 unspecified atom stereocenters. The van der Waals surface area contributed by atoms with Gasteiger partial charge in [-0.3, -0.25) is 9.69 Å². The van der Waals surface area contributed by atoms with Gasteiger partial charge in [0.25, 0.3) is 5.56 Å². The van der Waals surface area contributed by atoms with E-state index in [0.717, 1.165) is 36.5 Å². The Kier molecular flexibility index (Phi) is 4.58. The summed E-state index contributed by atoms with van der Waals surface area (Å²) in [6, 6.07) is 11.7. The van der Waals surface area contributed by atoms with Gasteiger partial charge in [0.2, 0.25) is 0 Å². The lowest BCUT2D eigenvalue weighted by Gasteiger charge is -2.27. The van der Waals surface area contributed by atoms with Crippen LogP contribution >= 0.6 is 0 Å². The third kappa shape index (κ3) is 3.41. The van der Waals surface area contributed by atoms with Gasteiger partial charge in [0.15, 0.2) is 11.6 Å². The molecule has 0 saturated carbocycles. The number of nitrogens with one attached hydrogen (secondary N) is 1. The molecule has 3 heterocycles. The normalized spacial score (nSPS) is 14.2. The molecule has 0 fully saturated rings. The average Bonchev–Trinajstić information content (AvgIpc) is 3.17. The fraction of sp³-hybridized carbons (Fsp3) is 0.300. The van der Waals surface area contributed by atoms with Crippen molar-refractivity contribution in [1.29, 1.82) is 0 Å². The lowest BCUT2D eigenvalue weighted by molar-refractivity contribution is 0.241. The quantitative estimate of drug-likeness (QED) is 0.765. The van der Waals surface area contributed by atoms with Gasteiger partial charge in [0.05, 0.1) is 24.1 Å². The van der Waals surface area contributed by atoms with Crippen LogP contribution in [0.1, 0.15) is 23.7 Å². The van der Waals surface area contributed by atoms with E-state index in [9.17, 15) is 4.79 Å². The molecule has 6 heteroatoms. The summed E-state index contributed by atoms with van der Waals surface area (Å²) >= 11 is 0. The van der Waals surface area contributed by atoms with E-state index in [1.54, 1.807) is 18.4 Å². The highest BCUT2D eigenvalue weighted by Gasteiger charge is 2.22. The number of H-pyrrole nitrogens is 1.